The molecule has 0 rings (SSSR count). The molecule has 0 saturated carbocycles. The Kier molecular flexibility index (Phi) is 15.6. The Hall–Kier alpha value is -1.61. The molecule has 0 aliphatic rings. The molecule has 0 aliphatic carbocycles. The number of allylic oxidation sites excluding steroid dienone is 6. The average molecular weight is 320 g/mol. The summed E-state index contributed by atoms with van der Waals surface area (Å²) in [6.45, 7) is 2.20. The maximum atomic E-state index is 10.3. The zero-order valence-corrected chi connectivity index (χ0v) is 14.4. The summed E-state index contributed by atoms with van der Waals surface area (Å²) in [5, 5.41) is 18.3. The van der Waals surface area contributed by atoms with Gasteiger partial charge >= 0.3 is 5.97 Å². The van der Waals surface area contributed by atoms with Gasteiger partial charge in [-0.2, -0.15) is 0 Å². The van der Waals surface area contributed by atoms with Gasteiger partial charge in [0, 0.05) is 6.42 Å². The first kappa shape index (κ1) is 21.4. The first-order valence-electron chi connectivity index (χ1n) is 8.70. The summed E-state index contributed by atoms with van der Waals surface area (Å²) in [6, 6.07) is 0. The third kappa shape index (κ3) is 18.3. The lowest BCUT2D eigenvalue weighted by atomic mass is 10.2. The van der Waals surface area contributed by atoms with Crippen LogP contribution in [0.5, 0.6) is 0 Å². The molecule has 0 spiro atoms. The Balaban J connectivity index is 3.61. The molecular formula is C20H32O3. The van der Waals surface area contributed by atoms with Crippen LogP contribution < -0.4 is 0 Å². The highest BCUT2D eigenvalue weighted by Crippen LogP contribution is 2.02. The summed E-state index contributed by atoms with van der Waals surface area (Å²) in [7, 11) is 0. The van der Waals surface area contributed by atoms with Crippen molar-refractivity contribution in [3.05, 3.63) is 48.6 Å². The monoisotopic (exact) mass is 320 g/mol. The largest absolute Gasteiger partial charge is 0.481 e. The van der Waals surface area contributed by atoms with E-state index in [1.54, 1.807) is 0 Å². The third-order valence-electron chi connectivity index (χ3n) is 3.30. The molecule has 23 heavy (non-hydrogen) atoms. The van der Waals surface area contributed by atoms with Crippen LogP contribution in [-0.2, 0) is 4.79 Å². The molecule has 0 radical (unpaired) electrons. The van der Waals surface area contributed by atoms with E-state index in [-0.39, 0.29) is 6.42 Å². The van der Waals surface area contributed by atoms with E-state index < -0.39 is 12.1 Å². The number of aliphatic hydroxyl groups excluding tert-OH is 1. The van der Waals surface area contributed by atoms with Crippen molar-refractivity contribution in [1.29, 1.82) is 0 Å². The van der Waals surface area contributed by atoms with E-state index in [0.29, 0.717) is 12.8 Å². The number of hydrogen-bond acceptors (Lipinski definition) is 2. The van der Waals surface area contributed by atoms with Crippen LogP contribution in [0.1, 0.15) is 64.7 Å². The molecule has 0 aromatic carbocycles. The number of carboxylic acid groups (broad SMARTS) is 1. The molecule has 0 bridgehead atoms. The topological polar surface area (TPSA) is 57.5 Å². The zero-order valence-electron chi connectivity index (χ0n) is 14.4. The molecule has 3 heteroatoms. The average Bonchev–Trinajstić information content (AvgIpc) is 2.52. The highest BCUT2D eigenvalue weighted by Gasteiger charge is 1.93. The third-order valence-corrected chi connectivity index (χ3v) is 3.30. The molecule has 3 nitrogen and oxygen atoms in total. The minimum absolute atomic E-state index is 0.228. The van der Waals surface area contributed by atoms with Crippen molar-refractivity contribution < 1.29 is 15.0 Å². The fourth-order valence-electron chi connectivity index (χ4n) is 1.95. The van der Waals surface area contributed by atoms with Gasteiger partial charge < -0.3 is 10.2 Å². The number of aliphatic hydroxyl groups is 1. The number of aliphatic carboxylic acids is 1. The van der Waals surface area contributed by atoms with Crippen LogP contribution in [0, 0.1) is 0 Å². The van der Waals surface area contributed by atoms with E-state index >= 15 is 0 Å². The molecule has 0 heterocycles. The molecule has 0 amide bonds. The molecule has 0 fully saturated rings. The van der Waals surface area contributed by atoms with Gasteiger partial charge in [-0.1, -0.05) is 68.4 Å². The Morgan fingerprint density at radius 3 is 2.43 bits per heavy atom. The van der Waals surface area contributed by atoms with E-state index in [0.717, 1.165) is 19.3 Å². The van der Waals surface area contributed by atoms with Gasteiger partial charge in [0.15, 0.2) is 0 Å². The second-order valence-corrected chi connectivity index (χ2v) is 5.58. The number of carbonyl (C=O) groups is 1. The van der Waals surface area contributed by atoms with Gasteiger partial charge in [0.1, 0.15) is 0 Å². The summed E-state index contributed by atoms with van der Waals surface area (Å²) in [4.78, 5) is 10.3. The molecule has 0 unspecified atom stereocenters. The van der Waals surface area contributed by atoms with Gasteiger partial charge in [-0.3, -0.25) is 4.79 Å². The number of carboxylic acids is 1. The maximum absolute atomic E-state index is 10.3. The van der Waals surface area contributed by atoms with Crippen molar-refractivity contribution in [2.24, 2.45) is 0 Å². The lowest BCUT2D eigenvalue weighted by Gasteiger charge is -1.98. The minimum atomic E-state index is -0.740. The predicted octanol–water partition coefficient (Wildman–Crippen LogP) is 5.19. The van der Waals surface area contributed by atoms with E-state index in [4.69, 9.17) is 5.11 Å². The quantitative estimate of drug-likeness (QED) is 0.263. The minimum Gasteiger partial charge on any atom is -0.481 e. The summed E-state index contributed by atoms with van der Waals surface area (Å²) >= 11 is 0. The molecule has 130 valence electrons. The summed E-state index contributed by atoms with van der Waals surface area (Å²) < 4.78 is 0. The summed E-state index contributed by atoms with van der Waals surface area (Å²) in [6.07, 6.45) is 23.5. The first-order chi connectivity index (χ1) is 11.2. The fraction of sp³-hybridized carbons (Fsp3) is 0.550. The predicted molar refractivity (Wildman–Crippen MR) is 97.4 cm³/mol. The van der Waals surface area contributed by atoms with Crippen molar-refractivity contribution in [3.63, 3.8) is 0 Å². The second-order valence-electron chi connectivity index (χ2n) is 5.58. The van der Waals surface area contributed by atoms with Crippen LogP contribution in [0.3, 0.4) is 0 Å². The van der Waals surface area contributed by atoms with Crippen molar-refractivity contribution in [2.45, 2.75) is 70.8 Å². The lowest BCUT2D eigenvalue weighted by Crippen LogP contribution is -1.98. The smallest absolute Gasteiger partial charge is 0.303 e. The Labute approximate surface area is 141 Å². The van der Waals surface area contributed by atoms with Gasteiger partial charge in [0.05, 0.1) is 6.10 Å². The molecule has 1 atom stereocenters. The van der Waals surface area contributed by atoms with E-state index in [9.17, 15) is 9.90 Å². The number of hydrogen-bond donors (Lipinski definition) is 2. The standard InChI is InChI=1S/C20H32O3/c1-2-3-4-5-7-10-13-16-19(21)17-14-11-8-6-9-12-15-18-20(22)23/h6-7,9-11,13-14,16,19,21H,2-5,8,12,15,17-18H2,1H3,(H,22,23)/b9-6+,10-7+,14-11-,16-13+/t19-/m0/s1. The Morgan fingerprint density at radius 2 is 1.70 bits per heavy atom. The second kappa shape index (κ2) is 16.8. The van der Waals surface area contributed by atoms with Crippen LogP contribution in [-0.4, -0.2) is 22.3 Å². The molecular weight excluding hydrogens is 288 g/mol. The zero-order chi connectivity index (χ0) is 17.2. The Bertz CT molecular complexity index is 392. The number of rotatable bonds is 14. The van der Waals surface area contributed by atoms with Gasteiger partial charge in [-0.05, 0) is 38.5 Å². The molecule has 0 aromatic heterocycles. The van der Waals surface area contributed by atoms with Crippen LogP contribution >= 0.6 is 0 Å². The van der Waals surface area contributed by atoms with Gasteiger partial charge in [0.2, 0.25) is 0 Å². The molecule has 0 aromatic rings. The van der Waals surface area contributed by atoms with Crippen molar-refractivity contribution in [1.82, 2.24) is 0 Å². The molecule has 2 N–H and O–H groups in total. The van der Waals surface area contributed by atoms with E-state index in [1.165, 1.54) is 19.3 Å². The van der Waals surface area contributed by atoms with Crippen LogP contribution in [0.4, 0.5) is 0 Å². The van der Waals surface area contributed by atoms with Crippen LogP contribution in [0.25, 0.3) is 0 Å². The fourth-order valence-corrected chi connectivity index (χ4v) is 1.95. The van der Waals surface area contributed by atoms with E-state index in [2.05, 4.69) is 13.0 Å². The van der Waals surface area contributed by atoms with Crippen LogP contribution in [0.2, 0.25) is 0 Å². The maximum Gasteiger partial charge on any atom is 0.303 e. The molecule has 0 saturated heterocycles. The Morgan fingerprint density at radius 1 is 0.957 bits per heavy atom. The van der Waals surface area contributed by atoms with Gasteiger partial charge in [-0.15, -0.1) is 0 Å². The molecule has 0 aliphatic heterocycles. The van der Waals surface area contributed by atoms with Gasteiger partial charge in [0.25, 0.3) is 0 Å². The highest BCUT2D eigenvalue weighted by atomic mass is 16.4. The summed E-state index contributed by atoms with van der Waals surface area (Å²) in [5.41, 5.74) is 0. The lowest BCUT2D eigenvalue weighted by molar-refractivity contribution is -0.137. The number of unbranched alkanes of at least 4 members (excludes halogenated alkanes) is 4. The normalized spacial score (nSPS) is 13.8. The van der Waals surface area contributed by atoms with Crippen LogP contribution in [0.15, 0.2) is 48.6 Å². The summed E-state index contributed by atoms with van der Waals surface area (Å²) in [5.74, 6) is -0.740. The van der Waals surface area contributed by atoms with E-state index in [1.807, 2.05) is 42.5 Å². The highest BCUT2D eigenvalue weighted by molar-refractivity contribution is 5.66. The van der Waals surface area contributed by atoms with Crippen molar-refractivity contribution in [2.75, 3.05) is 0 Å². The SMILES string of the molecule is CCCCC/C=C/C=C/[C@H](O)C/C=C\C/C=C/CCCC(=O)O. The first-order valence-corrected chi connectivity index (χ1v) is 8.70. The van der Waals surface area contributed by atoms with Crippen molar-refractivity contribution in [3.8, 4) is 0 Å². The van der Waals surface area contributed by atoms with Gasteiger partial charge in [-0.25, -0.2) is 0 Å². The van der Waals surface area contributed by atoms with Crippen molar-refractivity contribution >= 4 is 5.97 Å².